The molecule has 2 N–H and O–H groups in total. The molecule has 4 nitrogen and oxygen atoms in total. The number of hydrogen-bond acceptors (Lipinski definition) is 4. The van der Waals surface area contributed by atoms with Crippen LogP contribution in [0.2, 0.25) is 5.02 Å². The first kappa shape index (κ1) is 13.6. The molecule has 0 radical (unpaired) electrons. The number of benzene rings is 1. The largest absolute Gasteiger partial charge is 0.437 e. The lowest BCUT2D eigenvalue weighted by atomic mass is 9.99. The molecular weight excluding hydrogens is 262 g/mol. The van der Waals surface area contributed by atoms with Gasteiger partial charge in [0.15, 0.2) is 0 Å². The first-order valence-electron chi connectivity index (χ1n) is 6.16. The molecule has 0 aliphatic rings. The summed E-state index contributed by atoms with van der Waals surface area (Å²) in [6.07, 6.45) is 2.53. The fourth-order valence-corrected chi connectivity index (χ4v) is 1.78. The molecule has 0 saturated carbocycles. The third-order valence-corrected chi connectivity index (χ3v) is 3.27. The van der Waals surface area contributed by atoms with Crippen LogP contribution in [-0.4, -0.2) is 9.97 Å². The van der Waals surface area contributed by atoms with Crippen LogP contribution in [0.5, 0.6) is 11.6 Å². The molecule has 2 rings (SSSR count). The molecule has 0 saturated heterocycles. The maximum atomic E-state index is 5.94. The maximum Gasteiger partial charge on any atom is 0.243 e. The highest BCUT2D eigenvalue weighted by Crippen LogP contribution is 2.28. The zero-order chi connectivity index (χ0) is 13.8. The average Bonchev–Trinajstić information content (AvgIpc) is 2.43. The molecule has 0 aliphatic heterocycles. The summed E-state index contributed by atoms with van der Waals surface area (Å²) >= 11 is 5.94. The van der Waals surface area contributed by atoms with Gasteiger partial charge in [-0.1, -0.05) is 37.6 Å². The Balaban J connectivity index is 2.17. The van der Waals surface area contributed by atoms with Gasteiger partial charge in [-0.15, -0.1) is 0 Å². The van der Waals surface area contributed by atoms with E-state index in [4.69, 9.17) is 22.1 Å². The first-order chi connectivity index (χ1) is 9.10. The molecule has 0 spiro atoms. The van der Waals surface area contributed by atoms with Crippen molar-refractivity contribution in [3.63, 3.8) is 0 Å². The molecule has 1 aromatic heterocycles. The number of ether oxygens (including phenoxy) is 1. The van der Waals surface area contributed by atoms with Crippen LogP contribution >= 0.6 is 11.6 Å². The predicted octanol–water partition coefficient (Wildman–Crippen LogP) is 4.02. The van der Waals surface area contributed by atoms with Gasteiger partial charge in [0.2, 0.25) is 11.8 Å². The Kier molecular flexibility index (Phi) is 4.22. The number of rotatable bonds is 4. The Bertz CT molecular complexity index is 557. The van der Waals surface area contributed by atoms with Gasteiger partial charge >= 0.3 is 0 Å². The molecule has 0 amide bonds. The fraction of sp³-hybridized carbons (Fsp3) is 0.286. The second-order valence-corrected chi connectivity index (χ2v) is 4.77. The molecule has 100 valence electrons. The molecule has 1 aromatic carbocycles. The Morgan fingerprint density at radius 3 is 2.63 bits per heavy atom. The van der Waals surface area contributed by atoms with Gasteiger partial charge < -0.3 is 10.5 Å². The monoisotopic (exact) mass is 277 g/mol. The molecule has 1 atom stereocenters. The van der Waals surface area contributed by atoms with Crippen LogP contribution in [0, 0.1) is 0 Å². The van der Waals surface area contributed by atoms with Gasteiger partial charge in [-0.25, -0.2) is 4.98 Å². The topological polar surface area (TPSA) is 61.0 Å². The molecule has 19 heavy (non-hydrogen) atoms. The fourth-order valence-electron chi connectivity index (χ4n) is 1.65. The van der Waals surface area contributed by atoms with Gasteiger partial charge in [-0.3, -0.25) is 0 Å². The highest BCUT2D eigenvalue weighted by atomic mass is 35.5. The van der Waals surface area contributed by atoms with E-state index in [1.807, 2.05) is 24.3 Å². The van der Waals surface area contributed by atoms with Gasteiger partial charge in [-0.05, 0) is 30.0 Å². The van der Waals surface area contributed by atoms with Crippen molar-refractivity contribution in [3.05, 3.63) is 41.0 Å². The van der Waals surface area contributed by atoms with Crippen LogP contribution in [0.25, 0.3) is 0 Å². The highest BCUT2D eigenvalue weighted by molar-refractivity contribution is 6.31. The lowest BCUT2D eigenvalue weighted by Crippen LogP contribution is -1.97. The number of nitrogens with two attached hydrogens (primary N) is 1. The predicted molar refractivity (Wildman–Crippen MR) is 76.7 cm³/mol. The summed E-state index contributed by atoms with van der Waals surface area (Å²) in [6, 6.07) is 7.89. The number of halogens is 1. The standard InChI is InChI=1S/C14H16ClN3O/c1-3-9(2)10-4-6-11(7-5-10)19-13-12(15)8-17-14(16)18-13/h4-9H,3H2,1-2H3,(H2,16,17,18). The van der Waals surface area contributed by atoms with E-state index in [2.05, 4.69) is 23.8 Å². The van der Waals surface area contributed by atoms with Crippen molar-refractivity contribution in [2.75, 3.05) is 5.73 Å². The van der Waals surface area contributed by atoms with Crippen LogP contribution in [-0.2, 0) is 0 Å². The van der Waals surface area contributed by atoms with Crippen molar-refractivity contribution in [2.24, 2.45) is 0 Å². The normalized spacial score (nSPS) is 12.2. The third kappa shape index (κ3) is 3.35. The van der Waals surface area contributed by atoms with Crippen LogP contribution in [0.3, 0.4) is 0 Å². The van der Waals surface area contributed by atoms with Gasteiger partial charge in [-0.2, -0.15) is 4.98 Å². The number of anilines is 1. The van der Waals surface area contributed by atoms with Crippen LogP contribution in [0.1, 0.15) is 31.7 Å². The smallest absolute Gasteiger partial charge is 0.243 e. The van der Waals surface area contributed by atoms with E-state index in [0.29, 0.717) is 16.7 Å². The minimum Gasteiger partial charge on any atom is -0.437 e. The van der Waals surface area contributed by atoms with Crippen molar-refractivity contribution < 1.29 is 4.74 Å². The molecule has 2 aromatic rings. The zero-order valence-corrected chi connectivity index (χ0v) is 11.7. The van der Waals surface area contributed by atoms with E-state index >= 15 is 0 Å². The van der Waals surface area contributed by atoms with Crippen molar-refractivity contribution in [3.8, 4) is 11.6 Å². The van der Waals surface area contributed by atoms with E-state index in [0.717, 1.165) is 6.42 Å². The molecule has 0 fully saturated rings. The molecule has 0 aliphatic carbocycles. The van der Waals surface area contributed by atoms with Gasteiger partial charge in [0.05, 0.1) is 6.20 Å². The van der Waals surface area contributed by atoms with Crippen molar-refractivity contribution in [1.29, 1.82) is 0 Å². The highest BCUT2D eigenvalue weighted by Gasteiger charge is 2.07. The minimum absolute atomic E-state index is 0.135. The van der Waals surface area contributed by atoms with E-state index in [1.165, 1.54) is 11.8 Å². The van der Waals surface area contributed by atoms with Crippen LogP contribution in [0.4, 0.5) is 5.95 Å². The van der Waals surface area contributed by atoms with E-state index in [-0.39, 0.29) is 11.8 Å². The SMILES string of the molecule is CCC(C)c1ccc(Oc2nc(N)ncc2Cl)cc1. The molecule has 5 heteroatoms. The summed E-state index contributed by atoms with van der Waals surface area (Å²) in [5.41, 5.74) is 6.78. The summed E-state index contributed by atoms with van der Waals surface area (Å²) in [5.74, 6) is 1.61. The Labute approximate surface area is 117 Å². The number of hydrogen-bond donors (Lipinski definition) is 1. The van der Waals surface area contributed by atoms with E-state index < -0.39 is 0 Å². The van der Waals surface area contributed by atoms with Gasteiger partial charge in [0.1, 0.15) is 10.8 Å². The number of nitrogens with zero attached hydrogens (tertiary/aromatic N) is 2. The second-order valence-electron chi connectivity index (χ2n) is 4.36. The zero-order valence-electron chi connectivity index (χ0n) is 10.9. The summed E-state index contributed by atoms with van der Waals surface area (Å²) in [7, 11) is 0. The molecule has 1 heterocycles. The quantitative estimate of drug-likeness (QED) is 0.917. The molecule has 1 unspecified atom stereocenters. The molecular formula is C14H16ClN3O. The van der Waals surface area contributed by atoms with Gasteiger partial charge in [0.25, 0.3) is 0 Å². The summed E-state index contributed by atoms with van der Waals surface area (Å²) < 4.78 is 5.60. The van der Waals surface area contributed by atoms with E-state index in [9.17, 15) is 0 Å². The van der Waals surface area contributed by atoms with Crippen molar-refractivity contribution in [1.82, 2.24) is 9.97 Å². The lowest BCUT2D eigenvalue weighted by Gasteiger charge is -2.10. The van der Waals surface area contributed by atoms with Crippen molar-refractivity contribution >= 4 is 17.5 Å². The lowest BCUT2D eigenvalue weighted by molar-refractivity contribution is 0.462. The van der Waals surface area contributed by atoms with E-state index in [1.54, 1.807) is 0 Å². The summed E-state index contributed by atoms with van der Waals surface area (Å²) in [5, 5.41) is 0.334. The Hall–Kier alpha value is -1.81. The Morgan fingerprint density at radius 1 is 1.32 bits per heavy atom. The molecule has 0 bridgehead atoms. The van der Waals surface area contributed by atoms with Gasteiger partial charge in [0, 0.05) is 0 Å². The Morgan fingerprint density at radius 2 is 2.00 bits per heavy atom. The van der Waals surface area contributed by atoms with Crippen LogP contribution in [0.15, 0.2) is 30.5 Å². The first-order valence-corrected chi connectivity index (χ1v) is 6.53. The number of aromatic nitrogens is 2. The maximum absolute atomic E-state index is 5.94. The van der Waals surface area contributed by atoms with Crippen LogP contribution < -0.4 is 10.5 Å². The summed E-state index contributed by atoms with van der Waals surface area (Å²) in [6.45, 7) is 4.36. The third-order valence-electron chi connectivity index (χ3n) is 3.01. The second kappa shape index (κ2) is 5.89. The average molecular weight is 278 g/mol. The minimum atomic E-state index is 0.135. The summed E-state index contributed by atoms with van der Waals surface area (Å²) in [4.78, 5) is 7.74. The van der Waals surface area contributed by atoms with Crippen molar-refractivity contribution in [2.45, 2.75) is 26.2 Å². The number of nitrogen functional groups attached to an aromatic ring is 1.